The van der Waals surface area contributed by atoms with E-state index in [9.17, 15) is 14.3 Å². The van der Waals surface area contributed by atoms with Crippen LogP contribution in [0, 0.1) is 11.7 Å². The van der Waals surface area contributed by atoms with Crippen LogP contribution in [0.3, 0.4) is 0 Å². The van der Waals surface area contributed by atoms with Crippen LogP contribution in [0.25, 0.3) is 10.2 Å². The molecule has 0 spiro atoms. The number of hydrogen-bond acceptors (Lipinski definition) is 6. The fourth-order valence-corrected chi connectivity index (χ4v) is 4.92. The fourth-order valence-electron chi connectivity index (χ4n) is 4.06. The molecule has 5 rings (SSSR count). The van der Waals surface area contributed by atoms with Crippen molar-refractivity contribution in [3.63, 3.8) is 0 Å². The first kappa shape index (κ1) is 20.6. The number of aliphatic hydroxyl groups excluding tert-OH is 1. The zero-order chi connectivity index (χ0) is 22.1. The molecule has 0 saturated carbocycles. The predicted octanol–water partition coefficient (Wildman–Crippen LogP) is 5.09. The van der Waals surface area contributed by atoms with Crippen LogP contribution in [0.1, 0.15) is 29.5 Å². The highest BCUT2D eigenvalue weighted by atomic mass is 32.1. The van der Waals surface area contributed by atoms with Crippen molar-refractivity contribution in [3.05, 3.63) is 82.2 Å². The van der Waals surface area contributed by atoms with E-state index in [-0.39, 0.29) is 18.3 Å². The van der Waals surface area contributed by atoms with Gasteiger partial charge >= 0.3 is 0 Å². The molecule has 1 aromatic heterocycles. The zero-order valence-corrected chi connectivity index (χ0v) is 17.9. The van der Waals surface area contributed by atoms with Gasteiger partial charge in [-0.1, -0.05) is 17.7 Å². The van der Waals surface area contributed by atoms with Crippen LogP contribution in [0.4, 0.5) is 4.39 Å². The van der Waals surface area contributed by atoms with Gasteiger partial charge in [-0.2, -0.15) is 0 Å². The van der Waals surface area contributed by atoms with Gasteiger partial charge in [0.05, 0.1) is 22.9 Å². The minimum absolute atomic E-state index is 0.123. The van der Waals surface area contributed by atoms with E-state index in [4.69, 9.17) is 9.47 Å². The summed E-state index contributed by atoms with van der Waals surface area (Å²) in [6.45, 7) is 0.651. The largest absolute Gasteiger partial charge is 0.493 e. The molecule has 2 atom stereocenters. The second-order valence-corrected chi connectivity index (χ2v) is 9.03. The molecule has 2 heterocycles. The molecule has 1 aliphatic carbocycles. The van der Waals surface area contributed by atoms with E-state index in [1.807, 2.05) is 18.1 Å². The first-order chi connectivity index (χ1) is 15.6. The highest BCUT2D eigenvalue weighted by Gasteiger charge is 2.30. The Balaban J connectivity index is 1.28. The van der Waals surface area contributed by atoms with Gasteiger partial charge in [-0.3, -0.25) is 0 Å². The van der Waals surface area contributed by atoms with Gasteiger partial charge in [-0.05, 0) is 42.8 Å². The lowest BCUT2D eigenvalue weighted by molar-refractivity contribution is 0.0502. The molecular formula is C25H20FNO4S. The smallest absolute Gasteiger partial charge is 0.140 e. The number of nitrogens with zero attached hydrogens (tertiary/aromatic N) is 1. The minimum Gasteiger partial charge on any atom is -0.493 e. The van der Waals surface area contributed by atoms with Gasteiger partial charge in [0.2, 0.25) is 0 Å². The summed E-state index contributed by atoms with van der Waals surface area (Å²) >= 11 is 1.46. The summed E-state index contributed by atoms with van der Waals surface area (Å²) < 4.78 is 26.1. The molecular weight excluding hydrogens is 429 g/mol. The van der Waals surface area contributed by atoms with Gasteiger partial charge in [-0.25, -0.2) is 14.2 Å². The Morgan fingerprint density at radius 2 is 2.19 bits per heavy atom. The second-order valence-electron chi connectivity index (χ2n) is 7.92. The minimum atomic E-state index is -0.705. The number of rotatable bonds is 5. The third-order valence-electron chi connectivity index (χ3n) is 5.66. The third-order valence-corrected chi connectivity index (χ3v) is 6.67. The van der Waals surface area contributed by atoms with Crippen molar-refractivity contribution in [2.75, 3.05) is 6.61 Å². The topological polar surface area (TPSA) is 68.7 Å². The number of carbonyl (C=O) groups excluding carboxylic acids is 1. The van der Waals surface area contributed by atoms with Crippen molar-refractivity contribution < 1.29 is 23.8 Å². The lowest BCUT2D eigenvalue weighted by Crippen LogP contribution is -2.26. The molecule has 0 radical (unpaired) electrons. The molecule has 0 unspecified atom stereocenters. The molecule has 2 aromatic carbocycles. The Hall–Kier alpha value is -3.25. The van der Waals surface area contributed by atoms with E-state index in [1.165, 1.54) is 23.5 Å². The molecule has 32 heavy (non-hydrogen) atoms. The molecule has 0 amide bonds. The SMILES string of the molecule is O=C=C1C=CC=C(C[C@@H]2COc3ccc(OCc4nc5cc(F)ccc5s4)cc3[C@@H]2O)C1. The summed E-state index contributed by atoms with van der Waals surface area (Å²) in [4.78, 5) is 15.4. The monoisotopic (exact) mass is 449 g/mol. The molecule has 3 aromatic rings. The number of fused-ring (bicyclic) bond motifs is 2. The Kier molecular flexibility index (Phi) is 5.62. The maximum Gasteiger partial charge on any atom is 0.140 e. The molecule has 0 fully saturated rings. The van der Waals surface area contributed by atoms with E-state index in [0.29, 0.717) is 47.6 Å². The number of benzene rings is 2. The molecule has 2 aliphatic rings. The van der Waals surface area contributed by atoms with Crippen molar-refractivity contribution in [1.82, 2.24) is 4.98 Å². The van der Waals surface area contributed by atoms with Crippen molar-refractivity contribution in [3.8, 4) is 11.5 Å². The summed E-state index contributed by atoms with van der Waals surface area (Å²) in [5.41, 5.74) is 2.98. The van der Waals surface area contributed by atoms with Gasteiger partial charge in [0.1, 0.15) is 34.9 Å². The van der Waals surface area contributed by atoms with Crippen LogP contribution in [0.2, 0.25) is 0 Å². The van der Waals surface area contributed by atoms with E-state index in [1.54, 1.807) is 30.3 Å². The van der Waals surface area contributed by atoms with Crippen LogP contribution in [-0.2, 0) is 11.4 Å². The average molecular weight is 450 g/mol. The standard InChI is InChI=1S/C25H20FNO4S/c26-18-4-7-23-21(10-18)27-24(32-23)14-30-19-5-6-22-20(11-19)25(29)17(13-31-22)9-15-2-1-3-16(8-15)12-28/h1-7,10-11,17,25,29H,8-9,13-14H2/t17-,25-/m1/s1. The second kappa shape index (κ2) is 8.71. The van der Waals surface area contributed by atoms with Crippen LogP contribution >= 0.6 is 11.3 Å². The first-order valence-corrected chi connectivity index (χ1v) is 11.1. The summed E-state index contributed by atoms with van der Waals surface area (Å²) in [6.07, 6.45) is 6.04. The average Bonchev–Trinajstić information content (AvgIpc) is 3.22. The van der Waals surface area contributed by atoms with Crippen LogP contribution in [-0.4, -0.2) is 22.6 Å². The number of thiazole rings is 1. The quantitative estimate of drug-likeness (QED) is 0.550. The summed E-state index contributed by atoms with van der Waals surface area (Å²) in [7, 11) is 0. The van der Waals surface area contributed by atoms with Crippen LogP contribution < -0.4 is 9.47 Å². The van der Waals surface area contributed by atoms with Crippen LogP contribution in [0.5, 0.6) is 11.5 Å². The number of aliphatic hydroxyl groups is 1. The van der Waals surface area contributed by atoms with Crippen molar-refractivity contribution >= 4 is 27.5 Å². The van der Waals surface area contributed by atoms with Gasteiger partial charge in [0.15, 0.2) is 0 Å². The predicted molar refractivity (Wildman–Crippen MR) is 120 cm³/mol. The van der Waals surface area contributed by atoms with E-state index >= 15 is 0 Å². The normalized spacial score (nSPS) is 19.8. The molecule has 1 N–H and O–H groups in total. The maximum atomic E-state index is 13.4. The molecule has 5 nitrogen and oxygen atoms in total. The summed E-state index contributed by atoms with van der Waals surface area (Å²) in [6, 6.07) is 9.94. The van der Waals surface area contributed by atoms with Gasteiger partial charge < -0.3 is 14.6 Å². The van der Waals surface area contributed by atoms with Crippen LogP contribution in [0.15, 0.2) is 65.8 Å². The van der Waals surface area contributed by atoms with Gasteiger partial charge in [0, 0.05) is 29.5 Å². The summed E-state index contributed by atoms with van der Waals surface area (Å²) in [5.74, 6) is 2.76. The van der Waals surface area contributed by atoms with E-state index in [2.05, 4.69) is 4.98 Å². The Labute approximate surface area is 188 Å². The first-order valence-electron chi connectivity index (χ1n) is 10.3. The van der Waals surface area contributed by atoms with Gasteiger partial charge in [-0.15, -0.1) is 11.3 Å². The Morgan fingerprint density at radius 1 is 1.28 bits per heavy atom. The van der Waals surface area contributed by atoms with Crippen molar-refractivity contribution in [1.29, 1.82) is 0 Å². The third kappa shape index (κ3) is 4.23. The lowest BCUT2D eigenvalue weighted by atomic mass is 9.85. The van der Waals surface area contributed by atoms with E-state index < -0.39 is 6.10 Å². The fraction of sp³-hybridized carbons (Fsp3) is 0.240. The molecule has 0 bridgehead atoms. The summed E-state index contributed by atoms with van der Waals surface area (Å²) in [5, 5.41) is 11.7. The van der Waals surface area contributed by atoms with Gasteiger partial charge in [0.25, 0.3) is 0 Å². The Morgan fingerprint density at radius 3 is 3.06 bits per heavy atom. The molecule has 7 heteroatoms. The number of aromatic nitrogens is 1. The zero-order valence-electron chi connectivity index (χ0n) is 17.1. The number of halogens is 1. The number of hydrogen-bond donors (Lipinski definition) is 1. The molecule has 1 aliphatic heterocycles. The molecule has 0 saturated heterocycles. The Bertz CT molecular complexity index is 1290. The van der Waals surface area contributed by atoms with E-state index in [0.717, 1.165) is 15.3 Å². The number of allylic oxidation sites excluding steroid dienone is 5. The van der Waals surface area contributed by atoms with Crippen molar-refractivity contribution in [2.45, 2.75) is 25.6 Å². The highest BCUT2D eigenvalue weighted by Crippen LogP contribution is 2.41. The lowest BCUT2D eigenvalue weighted by Gasteiger charge is -2.31. The maximum absolute atomic E-state index is 13.4. The number of ether oxygens (including phenoxy) is 2. The molecule has 162 valence electrons. The highest BCUT2D eigenvalue weighted by molar-refractivity contribution is 7.18. The van der Waals surface area contributed by atoms with Crippen molar-refractivity contribution in [2.24, 2.45) is 5.92 Å².